The highest BCUT2D eigenvalue weighted by molar-refractivity contribution is 5.85. The average Bonchev–Trinajstić information content (AvgIpc) is 2.67. The molecule has 0 fully saturated rings. The molecule has 26 heavy (non-hydrogen) atoms. The van der Waals surface area contributed by atoms with Crippen LogP contribution in [0, 0.1) is 0 Å². The van der Waals surface area contributed by atoms with Crippen LogP contribution in [0.2, 0.25) is 0 Å². The number of anilines is 1. The van der Waals surface area contributed by atoms with Gasteiger partial charge < -0.3 is 29.1 Å². The minimum Gasteiger partial charge on any atom is -0.493 e. The molecule has 7 heteroatoms. The Kier molecular flexibility index (Phi) is 4.62. The third-order valence-corrected chi connectivity index (χ3v) is 4.00. The molecule has 0 saturated carbocycles. The number of ether oxygens (including phenoxy) is 4. The maximum Gasteiger partial charge on any atom is 0.235 e. The summed E-state index contributed by atoms with van der Waals surface area (Å²) in [4.78, 5) is 12.8. The van der Waals surface area contributed by atoms with Crippen LogP contribution < -0.4 is 30.1 Å². The number of fused-ring (bicyclic) bond motifs is 1. The van der Waals surface area contributed by atoms with Gasteiger partial charge in [-0.3, -0.25) is 4.79 Å². The van der Waals surface area contributed by atoms with E-state index in [1.807, 2.05) is 0 Å². The van der Waals surface area contributed by atoms with Gasteiger partial charge in [0.25, 0.3) is 0 Å². The normalized spacial score (nSPS) is 10.6. The molecular weight excluding hydrogens is 338 g/mol. The minimum absolute atomic E-state index is 0.0670. The van der Waals surface area contributed by atoms with Crippen LogP contribution in [0.25, 0.3) is 22.3 Å². The SMILES string of the molecule is COc1cc(-c2oc3ccc(N)cc3c(=O)c2OC)cc(OC)c1OC. The maximum atomic E-state index is 12.8. The molecule has 136 valence electrons. The van der Waals surface area contributed by atoms with E-state index in [0.29, 0.717) is 39.5 Å². The van der Waals surface area contributed by atoms with Crippen molar-refractivity contribution in [2.75, 3.05) is 34.2 Å². The standard InChI is InChI=1S/C19H19NO6/c1-22-14-7-10(8-15(23-2)18(14)24-3)17-19(25-4)16(21)12-9-11(20)5-6-13(12)26-17/h5-9H,20H2,1-4H3. The van der Waals surface area contributed by atoms with Crippen molar-refractivity contribution in [3.8, 4) is 34.3 Å². The van der Waals surface area contributed by atoms with Crippen LogP contribution >= 0.6 is 0 Å². The second kappa shape index (κ2) is 6.87. The largest absolute Gasteiger partial charge is 0.493 e. The molecule has 0 saturated heterocycles. The van der Waals surface area contributed by atoms with Crippen molar-refractivity contribution in [2.45, 2.75) is 0 Å². The van der Waals surface area contributed by atoms with E-state index in [-0.39, 0.29) is 16.9 Å². The zero-order valence-electron chi connectivity index (χ0n) is 14.9. The second-order valence-corrected chi connectivity index (χ2v) is 5.46. The van der Waals surface area contributed by atoms with E-state index in [1.165, 1.54) is 28.4 Å². The predicted octanol–water partition coefficient (Wildman–Crippen LogP) is 3.08. The van der Waals surface area contributed by atoms with Gasteiger partial charge in [-0.1, -0.05) is 0 Å². The average molecular weight is 357 g/mol. The summed E-state index contributed by atoms with van der Waals surface area (Å²) >= 11 is 0. The second-order valence-electron chi connectivity index (χ2n) is 5.46. The highest BCUT2D eigenvalue weighted by atomic mass is 16.5. The zero-order valence-corrected chi connectivity index (χ0v) is 14.9. The van der Waals surface area contributed by atoms with Crippen LogP contribution in [0.5, 0.6) is 23.0 Å². The molecule has 0 radical (unpaired) electrons. The lowest BCUT2D eigenvalue weighted by molar-refractivity contribution is 0.324. The van der Waals surface area contributed by atoms with Crippen LogP contribution in [0.15, 0.2) is 39.5 Å². The fourth-order valence-corrected chi connectivity index (χ4v) is 2.78. The molecule has 1 heterocycles. The fourth-order valence-electron chi connectivity index (χ4n) is 2.78. The molecule has 0 unspecified atom stereocenters. The Morgan fingerprint density at radius 3 is 2.00 bits per heavy atom. The van der Waals surface area contributed by atoms with Gasteiger partial charge in [-0.15, -0.1) is 0 Å². The monoisotopic (exact) mass is 357 g/mol. The topological polar surface area (TPSA) is 93.2 Å². The van der Waals surface area contributed by atoms with E-state index < -0.39 is 0 Å². The minimum atomic E-state index is -0.315. The van der Waals surface area contributed by atoms with Gasteiger partial charge >= 0.3 is 0 Å². The lowest BCUT2D eigenvalue weighted by Gasteiger charge is -2.15. The molecule has 0 aliphatic heterocycles. The first-order chi connectivity index (χ1) is 12.5. The molecule has 2 N–H and O–H groups in total. The van der Waals surface area contributed by atoms with E-state index in [1.54, 1.807) is 30.3 Å². The quantitative estimate of drug-likeness (QED) is 0.701. The van der Waals surface area contributed by atoms with Crippen LogP contribution in [0.4, 0.5) is 5.69 Å². The summed E-state index contributed by atoms with van der Waals surface area (Å²) in [6.07, 6.45) is 0. The number of hydrogen-bond donors (Lipinski definition) is 1. The Morgan fingerprint density at radius 2 is 1.46 bits per heavy atom. The van der Waals surface area contributed by atoms with Crippen LogP contribution in [-0.2, 0) is 0 Å². The number of nitrogens with two attached hydrogens (primary N) is 1. The summed E-state index contributed by atoms with van der Waals surface area (Å²) in [6.45, 7) is 0. The van der Waals surface area contributed by atoms with Crippen molar-refractivity contribution in [2.24, 2.45) is 0 Å². The van der Waals surface area contributed by atoms with Gasteiger partial charge in [0.1, 0.15) is 5.58 Å². The molecule has 7 nitrogen and oxygen atoms in total. The molecule has 0 atom stereocenters. The Morgan fingerprint density at radius 1 is 0.846 bits per heavy atom. The van der Waals surface area contributed by atoms with Crippen molar-refractivity contribution >= 4 is 16.7 Å². The highest BCUT2D eigenvalue weighted by Crippen LogP contribution is 2.43. The summed E-state index contributed by atoms with van der Waals surface area (Å²) in [6, 6.07) is 8.24. The third kappa shape index (κ3) is 2.77. The smallest absolute Gasteiger partial charge is 0.235 e. The van der Waals surface area contributed by atoms with Crippen LogP contribution in [0.1, 0.15) is 0 Å². The van der Waals surface area contributed by atoms with E-state index >= 15 is 0 Å². The van der Waals surface area contributed by atoms with Gasteiger partial charge in [-0.2, -0.15) is 0 Å². The van der Waals surface area contributed by atoms with Crippen molar-refractivity contribution in [3.05, 3.63) is 40.6 Å². The molecule has 0 amide bonds. The fraction of sp³-hybridized carbons (Fsp3) is 0.211. The predicted molar refractivity (Wildman–Crippen MR) is 98.5 cm³/mol. The number of nitrogen functional groups attached to an aromatic ring is 1. The van der Waals surface area contributed by atoms with Crippen molar-refractivity contribution < 1.29 is 23.4 Å². The Hall–Kier alpha value is -3.35. The lowest BCUT2D eigenvalue weighted by atomic mass is 10.1. The molecule has 3 rings (SSSR count). The molecule has 0 spiro atoms. The van der Waals surface area contributed by atoms with Crippen molar-refractivity contribution in [3.63, 3.8) is 0 Å². The summed E-state index contributed by atoms with van der Waals surface area (Å²) in [5.41, 5.74) is 6.87. The first-order valence-electron chi connectivity index (χ1n) is 7.74. The number of hydrogen-bond acceptors (Lipinski definition) is 7. The van der Waals surface area contributed by atoms with E-state index in [2.05, 4.69) is 0 Å². The number of benzene rings is 2. The molecule has 0 aliphatic carbocycles. The number of methoxy groups -OCH3 is 4. The summed E-state index contributed by atoms with van der Waals surface area (Å²) in [7, 11) is 5.95. The molecule has 3 aromatic rings. The Balaban J connectivity index is 2.35. The zero-order chi connectivity index (χ0) is 18.8. The maximum absolute atomic E-state index is 12.8. The molecule has 2 aromatic carbocycles. The van der Waals surface area contributed by atoms with Gasteiger partial charge in [0, 0.05) is 11.3 Å². The highest BCUT2D eigenvalue weighted by Gasteiger charge is 2.21. The first kappa shape index (κ1) is 17.5. The van der Waals surface area contributed by atoms with E-state index in [4.69, 9.17) is 29.1 Å². The van der Waals surface area contributed by atoms with Crippen LogP contribution in [0.3, 0.4) is 0 Å². The molecular formula is C19H19NO6. The van der Waals surface area contributed by atoms with Crippen molar-refractivity contribution in [1.82, 2.24) is 0 Å². The third-order valence-electron chi connectivity index (χ3n) is 4.00. The van der Waals surface area contributed by atoms with E-state index in [9.17, 15) is 4.79 Å². The van der Waals surface area contributed by atoms with Gasteiger partial charge in [-0.25, -0.2) is 0 Å². The molecule has 1 aromatic heterocycles. The lowest BCUT2D eigenvalue weighted by Crippen LogP contribution is -2.08. The summed E-state index contributed by atoms with van der Waals surface area (Å²) in [5.74, 6) is 1.63. The van der Waals surface area contributed by atoms with E-state index in [0.717, 1.165) is 0 Å². The van der Waals surface area contributed by atoms with Gasteiger partial charge in [0.05, 0.1) is 33.8 Å². The van der Waals surface area contributed by atoms with Gasteiger partial charge in [0.15, 0.2) is 17.3 Å². The first-order valence-corrected chi connectivity index (χ1v) is 7.74. The Bertz CT molecular complexity index is 999. The molecule has 0 bridgehead atoms. The number of rotatable bonds is 5. The summed E-state index contributed by atoms with van der Waals surface area (Å²) < 4.78 is 27.3. The Labute approximate surface area is 149 Å². The van der Waals surface area contributed by atoms with Crippen molar-refractivity contribution in [1.29, 1.82) is 0 Å². The van der Waals surface area contributed by atoms with Gasteiger partial charge in [-0.05, 0) is 30.3 Å². The van der Waals surface area contributed by atoms with Gasteiger partial charge in [0.2, 0.25) is 16.9 Å². The molecule has 0 aliphatic rings. The summed E-state index contributed by atoms with van der Waals surface area (Å²) in [5, 5.41) is 0.345. The van der Waals surface area contributed by atoms with Crippen LogP contribution in [-0.4, -0.2) is 28.4 Å².